The lowest BCUT2D eigenvalue weighted by molar-refractivity contribution is 0.251. The maximum absolute atomic E-state index is 13.8. The molecule has 208 valence electrons. The van der Waals surface area contributed by atoms with Crippen molar-refractivity contribution in [3.63, 3.8) is 0 Å². The molecule has 1 aromatic carbocycles. The van der Waals surface area contributed by atoms with Gasteiger partial charge in [0.1, 0.15) is 24.0 Å². The van der Waals surface area contributed by atoms with Gasteiger partial charge < -0.3 is 25.0 Å². The Balaban J connectivity index is 1.75. The minimum Gasteiger partial charge on any atom is -0.488 e. The Morgan fingerprint density at radius 1 is 1.26 bits per heavy atom. The van der Waals surface area contributed by atoms with Crippen LogP contribution in [0.5, 0.6) is 0 Å². The number of nitrogens with one attached hydrogen (secondary N) is 2. The molecule has 0 saturated carbocycles. The second-order valence-electron chi connectivity index (χ2n) is 9.17. The second-order valence-corrected chi connectivity index (χ2v) is 9.62. The van der Waals surface area contributed by atoms with E-state index in [4.69, 9.17) is 21.4 Å². The molecule has 0 saturated heterocycles. The first-order chi connectivity index (χ1) is 18.9. The summed E-state index contributed by atoms with van der Waals surface area (Å²) in [6, 6.07) is 8.29. The third kappa shape index (κ3) is 8.73. The molecule has 6 nitrogen and oxygen atoms in total. The van der Waals surface area contributed by atoms with E-state index in [2.05, 4.69) is 44.6 Å². The average Bonchev–Trinajstić information content (AvgIpc) is 3.34. The van der Waals surface area contributed by atoms with Crippen molar-refractivity contribution in [2.45, 2.75) is 39.7 Å². The summed E-state index contributed by atoms with van der Waals surface area (Å²) in [4.78, 5) is 4.54. The number of rotatable bonds is 12. The number of halogens is 2. The predicted molar refractivity (Wildman–Crippen MR) is 161 cm³/mol. The van der Waals surface area contributed by atoms with Crippen LogP contribution in [0.4, 0.5) is 10.1 Å². The number of aliphatic hydroxyl groups excluding tert-OH is 1. The molecule has 3 N–H and O–H groups in total. The van der Waals surface area contributed by atoms with Crippen LogP contribution in [0.15, 0.2) is 99.9 Å². The number of nitrogens with zero attached hydrogens (tertiary/aromatic N) is 2. The Kier molecular flexibility index (Phi) is 11.6. The highest BCUT2D eigenvalue weighted by Gasteiger charge is 2.14. The number of aromatic nitrogens is 1. The number of amidine groups is 1. The Hall–Kier alpha value is -3.55. The van der Waals surface area contributed by atoms with Gasteiger partial charge in [0.05, 0.1) is 5.03 Å². The maximum Gasteiger partial charge on any atom is 0.134 e. The molecule has 0 aliphatic heterocycles. The van der Waals surface area contributed by atoms with Gasteiger partial charge in [0.15, 0.2) is 0 Å². The molecule has 0 bridgehead atoms. The van der Waals surface area contributed by atoms with E-state index in [1.54, 1.807) is 7.05 Å². The van der Waals surface area contributed by atoms with Crippen LogP contribution in [0.1, 0.15) is 38.7 Å². The Morgan fingerprint density at radius 2 is 2.08 bits per heavy atom. The smallest absolute Gasteiger partial charge is 0.134 e. The summed E-state index contributed by atoms with van der Waals surface area (Å²) in [5.41, 5.74) is 5.62. The molecule has 0 spiro atoms. The van der Waals surface area contributed by atoms with Gasteiger partial charge in [-0.1, -0.05) is 30.7 Å². The standard InChI is InChI=1S/C31H38ClFN4O2/c1-5-7-25(33)18-22(2)21-39-30-13-10-26(9-11-28(30)32)36-31(35-4)27-19-23(8-12-29(27)34-3)24-14-16-37(20-24)15-6-17-38/h7-10,12-14,16,18-20,34,38H,5-6,11,15,17,21H2,1-4H3,(H,35,36)/b22-18+,25-7+. The fourth-order valence-corrected chi connectivity index (χ4v) is 4.28. The lowest BCUT2D eigenvalue weighted by Crippen LogP contribution is -2.24. The number of hydrogen-bond donors (Lipinski definition) is 3. The number of allylic oxidation sites excluding steroid dienone is 7. The first kappa shape index (κ1) is 30.0. The number of anilines is 1. The van der Waals surface area contributed by atoms with Crippen LogP contribution >= 0.6 is 11.6 Å². The third-order valence-electron chi connectivity index (χ3n) is 6.11. The molecular formula is C31H38ClFN4O2. The van der Waals surface area contributed by atoms with Crippen molar-refractivity contribution in [1.29, 1.82) is 0 Å². The largest absolute Gasteiger partial charge is 0.488 e. The van der Waals surface area contributed by atoms with E-state index in [9.17, 15) is 4.39 Å². The SMILES string of the molecule is CC/C=C(F)\C=C(/C)COC1=C(Cl)CC=C(NC(=NC)c2cc(-c3ccn(CCCO)c3)ccc2NC)C=C1. The number of benzene rings is 1. The zero-order valence-electron chi connectivity index (χ0n) is 23.1. The summed E-state index contributed by atoms with van der Waals surface area (Å²) in [6.45, 7) is 4.90. The maximum atomic E-state index is 13.8. The highest BCUT2D eigenvalue weighted by atomic mass is 35.5. The van der Waals surface area contributed by atoms with Crippen molar-refractivity contribution in [1.82, 2.24) is 9.88 Å². The van der Waals surface area contributed by atoms with Crippen molar-refractivity contribution in [2.24, 2.45) is 4.99 Å². The number of hydrogen-bond acceptors (Lipinski definition) is 4. The zero-order chi connectivity index (χ0) is 28.2. The van der Waals surface area contributed by atoms with Gasteiger partial charge in [0.25, 0.3) is 0 Å². The van der Waals surface area contributed by atoms with Gasteiger partial charge in [-0.15, -0.1) is 0 Å². The zero-order valence-corrected chi connectivity index (χ0v) is 23.9. The second kappa shape index (κ2) is 15.1. The van der Waals surface area contributed by atoms with Crippen molar-refractivity contribution in [3.8, 4) is 11.1 Å². The highest BCUT2D eigenvalue weighted by Crippen LogP contribution is 2.27. The molecule has 1 aliphatic rings. The van der Waals surface area contributed by atoms with Gasteiger partial charge in [-0.2, -0.15) is 0 Å². The fourth-order valence-electron chi connectivity index (χ4n) is 4.09. The summed E-state index contributed by atoms with van der Waals surface area (Å²) in [5, 5.41) is 16.4. The number of aliphatic imine (C=N–C) groups is 1. The number of ether oxygens (including phenoxy) is 1. The molecule has 39 heavy (non-hydrogen) atoms. The minimum absolute atomic E-state index is 0.169. The van der Waals surface area contributed by atoms with Crippen LogP contribution in [0.2, 0.25) is 0 Å². The molecule has 0 atom stereocenters. The summed E-state index contributed by atoms with van der Waals surface area (Å²) >= 11 is 6.52. The number of aryl methyl sites for hydroxylation is 1. The molecule has 1 heterocycles. The molecule has 0 unspecified atom stereocenters. The molecule has 0 amide bonds. The summed E-state index contributed by atoms with van der Waals surface area (Å²) in [7, 11) is 3.64. The van der Waals surface area contributed by atoms with Gasteiger partial charge in [-0.3, -0.25) is 4.99 Å². The molecular weight excluding hydrogens is 515 g/mol. The van der Waals surface area contributed by atoms with Crippen LogP contribution in [-0.4, -0.2) is 42.8 Å². The third-order valence-corrected chi connectivity index (χ3v) is 6.45. The van der Waals surface area contributed by atoms with Crippen LogP contribution < -0.4 is 10.6 Å². The highest BCUT2D eigenvalue weighted by molar-refractivity contribution is 6.30. The average molecular weight is 553 g/mol. The summed E-state index contributed by atoms with van der Waals surface area (Å²) in [6.07, 6.45) is 14.7. The molecule has 2 aromatic rings. The number of aliphatic hydroxyl groups is 1. The van der Waals surface area contributed by atoms with E-state index in [1.165, 1.54) is 12.2 Å². The van der Waals surface area contributed by atoms with E-state index in [0.717, 1.165) is 40.2 Å². The van der Waals surface area contributed by atoms with Crippen molar-refractivity contribution in [2.75, 3.05) is 32.6 Å². The minimum atomic E-state index is -0.265. The lowest BCUT2D eigenvalue weighted by Gasteiger charge is -2.15. The molecule has 0 fully saturated rings. The Bertz CT molecular complexity index is 1320. The normalized spacial score (nSPS) is 14.8. The quantitative estimate of drug-likeness (QED) is 0.150. The summed E-state index contributed by atoms with van der Waals surface area (Å²) < 4.78 is 21.7. The fraction of sp³-hybridized carbons (Fsp3) is 0.323. The van der Waals surface area contributed by atoms with Crippen LogP contribution in [0, 0.1) is 0 Å². The van der Waals surface area contributed by atoms with Crippen molar-refractivity contribution >= 4 is 23.1 Å². The van der Waals surface area contributed by atoms with E-state index in [-0.39, 0.29) is 19.0 Å². The molecule has 3 rings (SSSR count). The monoisotopic (exact) mass is 552 g/mol. The van der Waals surface area contributed by atoms with E-state index in [1.807, 2.05) is 51.4 Å². The van der Waals surface area contributed by atoms with E-state index >= 15 is 0 Å². The van der Waals surface area contributed by atoms with E-state index in [0.29, 0.717) is 35.9 Å². The first-order valence-electron chi connectivity index (χ1n) is 13.1. The van der Waals surface area contributed by atoms with E-state index < -0.39 is 0 Å². The molecule has 1 aromatic heterocycles. The topological polar surface area (TPSA) is 70.8 Å². The molecule has 0 radical (unpaired) electrons. The van der Waals surface area contributed by atoms with Gasteiger partial charge in [-0.25, -0.2) is 4.39 Å². The Labute approximate surface area is 235 Å². The van der Waals surface area contributed by atoms with Crippen LogP contribution in [0.25, 0.3) is 11.1 Å². The van der Waals surface area contributed by atoms with Gasteiger partial charge in [0, 0.05) is 63.0 Å². The predicted octanol–water partition coefficient (Wildman–Crippen LogP) is 7.07. The van der Waals surface area contributed by atoms with Crippen LogP contribution in [0.3, 0.4) is 0 Å². The molecule has 8 heteroatoms. The van der Waals surface area contributed by atoms with Crippen molar-refractivity contribution in [3.05, 3.63) is 100 Å². The van der Waals surface area contributed by atoms with Gasteiger partial charge >= 0.3 is 0 Å². The molecule has 1 aliphatic carbocycles. The van der Waals surface area contributed by atoms with Gasteiger partial charge in [-0.05, 0) is 79.0 Å². The summed E-state index contributed by atoms with van der Waals surface area (Å²) in [5.74, 6) is 0.990. The van der Waals surface area contributed by atoms with Gasteiger partial charge in [0.2, 0.25) is 0 Å². The van der Waals surface area contributed by atoms with Crippen molar-refractivity contribution < 1.29 is 14.2 Å². The first-order valence-corrected chi connectivity index (χ1v) is 13.5. The Morgan fingerprint density at radius 3 is 2.79 bits per heavy atom. The van der Waals surface area contributed by atoms with Crippen LogP contribution in [-0.2, 0) is 11.3 Å². The lowest BCUT2D eigenvalue weighted by atomic mass is 10.0.